The van der Waals surface area contributed by atoms with Crippen molar-refractivity contribution in [3.8, 4) is 0 Å². The van der Waals surface area contributed by atoms with E-state index in [-0.39, 0.29) is 6.61 Å². The summed E-state index contributed by atoms with van der Waals surface area (Å²) in [6, 6.07) is 0. The number of hydrogen-bond acceptors (Lipinski definition) is 2. The second-order valence-electron chi connectivity index (χ2n) is 1.65. The van der Waals surface area contributed by atoms with Crippen molar-refractivity contribution in [2.45, 2.75) is 6.92 Å². The summed E-state index contributed by atoms with van der Waals surface area (Å²) >= 11 is 0. The number of allylic oxidation sites excluding steroid dienone is 2. The summed E-state index contributed by atoms with van der Waals surface area (Å²) in [4.78, 5) is 9.92. The van der Waals surface area contributed by atoms with E-state index in [1.807, 2.05) is 0 Å². The quantitative estimate of drug-likeness (QED) is 0.473. The van der Waals surface area contributed by atoms with Crippen molar-refractivity contribution in [1.29, 1.82) is 0 Å². The second-order valence-corrected chi connectivity index (χ2v) is 1.65. The molecule has 0 aliphatic heterocycles. The fourth-order valence-electron chi connectivity index (χ4n) is 0.388. The van der Waals surface area contributed by atoms with Gasteiger partial charge in [0.05, 0.1) is 0 Å². The van der Waals surface area contributed by atoms with Crippen LogP contribution >= 0.6 is 0 Å². The molecular formula is C7H10O3. The Labute approximate surface area is 59.6 Å². The molecule has 0 spiro atoms. The maximum Gasteiger partial charge on any atom is 0.341 e. The fraction of sp³-hybridized carbons (Fsp3) is 0.286. The summed E-state index contributed by atoms with van der Waals surface area (Å²) in [5.74, 6) is -0.629. The van der Waals surface area contributed by atoms with E-state index in [1.54, 1.807) is 19.1 Å². The summed E-state index contributed by atoms with van der Waals surface area (Å²) in [5, 5.41) is 8.14. The molecule has 56 valence electrons. The Morgan fingerprint density at radius 3 is 2.80 bits per heavy atom. The molecule has 3 heteroatoms. The maximum atomic E-state index is 9.92. The van der Waals surface area contributed by atoms with Crippen molar-refractivity contribution in [3.05, 3.63) is 24.5 Å². The Morgan fingerprint density at radius 1 is 1.80 bits per heavy atom. The SMILES string of the molecule is C=C(/C=C\C)OCC(=O)O. The number of carboxylic acids is 1. The lowest BCUT2D eigenvalue weighted by Gasteiger charge is -1.99. The summed E-state index contributed by atoms with van der Waals surface area (Å²) in [6.45, 7) is 4.91. The van der Waals surface area contributed by atoms with Gasteiger partial charge in [0.15, 0.2) is 6.61 Å². The number of carboxylic acid groups (broad SMARTS) is 1. The predicted molar refractivity (Wildman–Crippen MR) is 37.5 cm³/mol. The standard InChI is InChI=1S/C7H10O3/c1-3-4-6(2)10-5-7(8)9/h3-4H,2,5H2,1H3,(H,8,9)/b4-3-. The summed E-state index contributed by atoms with van der Waals surface area (Å²) in [6.07, 6.45) is 3.33. The first-order chi connectivity index (χ1) is 4.66. The van der Waals surface area contributed by atoms with Crippen molar-refractivity contribution < 1.29 is 14.6 Å². The lowest BCUT2D eigenvalue weighted by Crippen LogP contribution is -2.05. The molecule has 10 heavy (non-hydrogen) atoms. The van der Waals surface area contributed by atoms with Crippen LogP contribution < -0.4 is 0 Å². The van der Waals surface area contributed by atoms with Gasteiger partial charge in [-0.05, 0) is 13.0 Å². The zero-order chi connectivity index (χ0) is 7.98. The molecule has 0 aromatic heterocycles. The summed E-state index contributed by atoms with van der Waals surface area (Å²) in [7, 11) is 0. The smallest absolute Gasteiger partial charge is 0.341 e. The predicted octanol–water partition coefficient (Wildman–Crippen LogP) is 1.18. The molecule has 0 aromatic carbocycles. The van der Waals surface area contributed by atoms with E-state index in [1.165, 1.54) is 0 Å². The summed E-state index contributed by atoms with van der Waals surface area (Å²) < 4.78 is 4.66. The first kappa shape index (κ1) is 8.75. The van der Waals surface area contributed by atoms with Gasteiger partial charge in [-0.3, -0.25) is 0 Å². The van der Waals surface area contributed by atoms with Crippen molar-refractivity contribution in [2.75, 3.05) is 6.61 Å². The Morgan fingerprint density at radius 2 is 2.40 bits per heavy atom. The van der Waals surface area contributed by atoms with Gasteiger partial charge in [-0.15, -0.1) is 0 Å². The van der Waals surface area contributed by atoms with E-state index in [0.29, 0.717) is 5.76 Å². The average Bonchev–Trinajstić information content (AvgIpc) is 1.85. The molecule has 0 bridgehead atoms. The summed E-state index contributed by atoms with van der Waals surface area (Å²) in [5.41, 5.74) is 0. The number of ether oxygens (including phenoxy) is 1. The van der Waals surface area contributed by atoms with Crippen LogP contribution in [0.2, 0.25) is 0 Å². The van der Waals surface area contributed by atoms with E-state index in [9.17, 15) is 4.79 Å². The molecule has 0 aliphatic carbocycles. The van der Waals surface area contributed by atoms with Crippen LogP contribution in [0.1, 0.15) is 6.92 Å². The van der Waals surface area contributed by atoms with Crippen LogP contribution in [0.25, 0.3) is 0 Å². The van der Waals surface area contributed by atoms with Gasteiger partial charge in [-0.1, -0.05) is 12.7 Å². The minimum absolute atomic E-state index is 0.330. The first-order valence-corrected chi connectivity index (χ1v) is 2.83. The van der Waals surface area contributed by atoms with E-state index in [4.69, 9.17) is 5.11 Å². The Kier molecular flexibility index (Phi) is 4.04. The third kappa shape index (κ3) is 4.90. The highest BCUT2D eigenvalue weighted by Crippen LogP contribution is 1.93. The van der Waals surface area contributed by atoms with Crippen LogP contribution in [0, 0.1) is 0 Å². The monoisotopic (exact) mass is 142 g/mol. The molecule has 0 saturated heterocycles. The topological polar surface area (TPSA) is 46.5 Å². The van der Waals surface area contributed by atoms with Gasteiger partial charge in [0.1, 0.15) is 5.76 Å². The van der Waals surface area contributed by atoms with E-state index in [2.05, 4.69) is 11.3 Å². The van der Waals surface area contributed by atoms with Gasteiger partial charge in [0.2, 0.25) is 0 Å². The minimum Gasteiger partial charge on any atom is -0.483 e. The van der Waals surface area contributed by atoms with Gasteiger partial charge in [0.25, 0.3) is 0 Å². The number of carbonyl (C=O) groups is 1. The average molecular weight is 142 g/mol. The number of aliphatic carboxylic acids is 1. The molecule has 3 nitrogen and oxygen atoms in total. The molecule has 1 N–H and O–H groups in total. The molecule has 0 atom stereocenters. The Hall–Kier alpha value is -1.25. The Balaban J connectivity index is 3.50. The molecule has 0 unspecified atom stereocenters. The third-order valence-corrected chi connectivity index (χ3v) is 0.734. The molecule has 0 aromatic rings. The molecule has 0 saturated carbocycles. The van der Waals surface area contributed by atoms with Gasteiger partial charge < -0.3 is 9.84 Å². The highest BCUT2D eigenvalue weighted by Gasteiger charge is 1.95. The van der Waals surface area contributed by atoms with E-state index >= 15 is 0 Å². The lowest BCUT2D eigenvalue weighted by atomic mass is 10.5. The van der Waals surface area contributed by atoms with Gasteiger partial charge in [-0.25, -0.2) is 4.79 Å². The zero-order valence-corrected chi connectivity index (χ0v) is 5.83. The van der Waals surface area contributed by atoms with Crippen LogP contribution in [-0.2, 0) is 9.53 Å². The number of hydrogen-bond donors (Lipinski definition) is 1. The third-order valence-electron chi connectivity index (χ3n) is 0.734. The molecule has 0 radical (unpaired) electrons. The van der Waals surface area contributed by atoms with Gasteiger partial charge in [-0.2, -0.15) is 0 Å². The van der Waals surface area contributed by atoms with Crippen molar-refractivity contribution in [1.82, 2.24) is 0 Å². The highest BCUT2D eigenvalue weighted by atomic mass is 16.5. The molecule has 0 heterocycles. The minimum atomic E-state index is -0.995. The molecular weight excluding hydrogens is 132 g/mol. The van der Waals surface area contributed by atoms with Crippen LogP contribution in [0.3, 0.4) is 0 Å². The van der Waals surface area contributed by atoms with Crippen molar-refractivity contribution in [2.24, 2.45) is 0 Å². The molecule has 0 fully saturated rings. The fourth-order valence-corrected chi connectivity index (χ4v) is 0.388. The van der Waals surface area contributed by atoms with E-state index in [0.717, 1.165) is 0 Å². The van der Waals surface area contributed by atoms with Crippen LogP contribution in [0.4, 0.5) is 0 Å². The van der Waals surface area contributed by atoms with Crippen molar-refractivity contribution in [3.63, 3.8) is 0 Å². The number of rotatable bonds is 4. The maximum absolute atomic E-state index is 9.92. The second kappa shape index (κ2) is 4.61. The molecule has 0 rings (SSSR count). The van der Waals surface area contributed by atoms with Crippen LogP contribution in [0.15, 0.2) is 24.5 Å². The molecule has 0 amide bonds. The van der Waals surface area contributed by atoms with E-state index < -0.39 is 5.97 Å². The Bertz CT molecular complexity index is 158. The normalized spacial score (nSPS) is 9.70. The van der Waals surface area contributed by atoms with Gasteiger partial charge >= 0.3 is 5.97 Å². The largest absolute Gasteiger partial charge is 0.483 e. The molecule has 0 aliphatic rings. The highest BCUT2D eigenvalue weighted by molar-refractivity contribution is 5.68. The van der Waals surface area contributed by atoms with Crippen LogP contribution in [-0.4, -0.2) is 17.7 Å². The van der Waals surface area contributed by atoms with Crippen LogP contribution in [0.5, 0.6) is 0 Å². The lowest BCUT2D eigenvalue weighted by molar-refractivity contribution is -0.140. The first-order valence-electron chi connectivity index (χ1n) is 2.83. The van der Waals surface area contributed by atoms with Crippen molar-refractivity contribution >= 4 is 5.97 Å². The van der Waals surface area contributed by atoms with Gasteiger partial charge in [0, 0.05) is 0 Å². The zero-order valence-electron chi connectivity index (χ0n) is 5.83.